The van der Waals surface area contributed by atoms with E-state index >= 15 is 0 Å². The lowest BCUT2D eigenvalue weighted by molar-refractivity contribution is 0.568. The molecule has 0 saturated heterocycles. The van der Waals surface area contributed by atoms with Crippen LogP contribution in [0.3, 0.4) is 0 Å². The SMILES string of the molecule is CC(C)(C)c1cc(-c2nc(-c3cccc(-c4cccc(-c5ccc6c(c5)C(C)(C)c5ccccc5-6)c4)c3)nc(-c3cc(C(C)(C)C)cc(C(C)(C)C)c3)n2)cc(C(C)(C)C)c1. The van der Waals surface area contributed by atoms with Gasteiger partial charge in [0, 0.05) is 22.1 Å². The highest BCUT2D eigenvalue weighted by molar-refractivity contribution is 5.84. The highest BCUT2D eigenvalue weighted by atomic mass is 15.0. The third-order valence-electron chi connectivity index (χ3n) is 12.7. The first-order valence-electron chi connectivity index (χ1n) is 22.0. The fraction of sp³-hybridized carbons (Fsp3) is 0.328. The van der Waals surface area contributed by atoms with Crippen LogP contribution >= 0.6 is 0 Å². The number of fused-ring (bicyclic) bond motifs is 3. The van der Waals surface area contributed by atoms with Crippen LogP contribution in [0.25, 0.3) is 67.5 Å². The lowest BCUT2D eigenvalue weighted by atomic mass is 9.79. The predicted octanol–water partition coefficient (Wildman–Crippen LogP) is 15.7. The average molecular weight is 802 g/mol. The van der Waals surface area contributed by atoms with Crippen LogP contribution in [-0.4, -0.2) is 15.0 Å². The van der Waals surface area contributed by atoms with Gasteiger partial charge in [0.25, 0.3) is 0 Å². The first-order chi connectivity index (χ1) is 28.5. The first kappa shape index (κ1) is 42.0. The van der Waals surface area contributed by atoms with E-state index in [4.69, 9.17) is 15.0 Å². The zero-order valence-electron chi connectivity index (χ0n) is 39.0. The molecule has 1 aliphatic carbocycles. The maximum atomic E-state index is 5.34. The monoisotopic (exact) mass is 802 g/mol. The average Bonchev–Trinajstić information content (AvgIpc) is 3.44. The van der Waals surface area contributed by atoms with Gasteiger partial charge in [0.1, 0.15) is 0 Å². The summed E-state index contributed by atoms with van der Waals surface area (Å²) in [4.78, 5) is 16.0. The number of nitrogens with zero attached hydrogens (tertiary/aromatic N) is 3. The molecule has 0 fully saturated rings. The van der Waals surface area contributed by atoms with Crippen LogP contribution in [0, 0.1) is 0 Å². The minimum atomic E-state index is -0.0547. The van der Waals surface area contributed by atoms with Crippen molar-refractivity contribution in [3.05, 3.63) is 161 Å². The molecule has 0 N–H and O–H groups in total. The lowest BCUT2D eigenvalue weighted by Gasteiger charge is -2.26. The highest BCUT2D eigenvalue weighted by Crippen LogP contribution is 2.49. The van der Waals surface area contributed by atoms with Crippen LogP contribution in [0.5, 0.6) is 0 Å². The normalized spacial score (nSPS) is 13.9. The maximum Gasteiger partial charge on any atom is 0.164 e. The van der Waals surface area contributed by atoms with Crippen molar-refractivity contribution in [2.75, 3.05) is 0 Å². The molecule has 1 aromatic heterocycles. The van der Waals surface area contributed by atoms with Crippen LogP contribution in [0.1, 0.15) is 130 Å². The fourth-order valence-electron chi connectivity index (χ4n) is 8.61. The van der Waals surface area contributed by atoms with Crippen molar-refractivity contribution in [1.29, 1.82) is 0 Å². The van der Waals surface area contributed by atoms with E-state index in [0.29, 0.717) is 17.5 Å². The minimum Gasteiger partial charge on any atom is -0.208 e. The molecule has 0 saturated carbocycles. The Bertz CT molecular complexity index is 2650. The van der Waals surface area contributed by atoms with Gasteiger partial charge in [-0.1, -0.05) is 182 Å². The lowest BCUT2D eigenvalue weighted by Crippen LogP contribution is -2.17. The predicted molar refractivity (Wildman–Crippen MR) is 259 cm³/mol. The molecule has 0 radical (unpaired) electrons. The third-order valence-corrected chi connectivity index (χ3v) is 12.7. The molecule has 0 unspecified atom stereocenters. The second kappa shape index (κ2) is 14.8. The summed E-state index contributed by atoms with van der Waals surface area (Å²) >= 11 is 0. The molecule has 0 aliphatic heterocycles. The molecule has 6 aromatic carbocycles. The zero-order valence-corrected chi connectivity index (χ0v) is 39.0. The van der Waals surface area contributed by atoms with Gasteiger partial charge in [-0.3, -0.25) is 0 Å². The molecule has 0 amide bonds. The Hall–Kier alpha value is -5.67. The Morgan fingerprint density at radius 3 is 1.11 bits per heavy atom. The Balaban J connectivity index is 1.27. The minimum absolute atomic E-state index is 0.0543. The summed E-state index contributed by atoms with van der Waals surface area (Å²) in [6.45, 7) is 32.0. The van der Waals surface area contributed by atoms with E-state index in [1.54, 1.807) is 0 Å². The Morgan fingerprint density at radius 2 is 0.672 bits per heavy atom. The van der Waals surface area contributed by atoms with E-state index in [-0.39, 0.29) is 27.1 Å². The Morgan fingerprint density at radius 1 is 0.311 bits per heavy atom. The van der Waals surface area contributed by atoms with Crippen molar-refractivity contribution in [1.82, 2.24) is 15.0 Å². The van der Waals surface area contributed by atoms with Gasteiger partial charge >= 0.3 is 0 Å². The van der Waals surface area contributed by atoms with Gasteiger partial charge in [0.05, 0.1) is 0 Å². The molecule has 1 aliphatic rings. The van der Waals surface area contributed by atoms with E-state index in [1.165, 1.54) is 55.6 Å². The molecule has 0 atom stereocenters. The third kappa shape index (κ3) is 8.25. The molecule has 3 heteroatoms. The van der Waals surface area contributed by atoms with Crippen LogP contribution in [0.15, 0.2) is 127 Å². The molecule has 3 nitrogen and oxygen atoms in total. The van der Waals surface area contributed by atoms with Crippen molar-refractivity contribution in [2.45, 2.75) is 124 Å². The van der Waals surface area contributed by atoms with E-state index in [0.717, 1.165) is 27.8 Å². The molecular weight excluding hydrogens is 739 g/mol. The van der Waals surface area contributed by atoms with Crippen LogP contribution in [0.2, 0.25) is 0 Å². The molecule has 1 heterocycles. The summed E-state index contributed by atoms with van der Waals surface area (Å²) in [7, 11) is 0. The van der Waals surface area contributed by atoms with Gasteiger partial charge in [-0.05, 0) is 131 Å². The first-order valence-corrected chi connectivity index (χ1v) is 22.0. The molecule has 61 heavy (non-hydrogen) atoms. The number of benzene rings is 6. The van der Waals surface area contributed by atoms with Crippen molar-refractivity contribution in [2.24, 2.45) is 0 Å². The van der Waals surface area contributed by atoms with Crippen LogP contribution in [-0.2, 0) is 27.1 Å². The molecular formula is C58H63N3. The topological polar surface area (TPSA) is 38.7 Å². The largest absolute Gasteiger partial charge is 0.208 e. The zero-order chi connectivity index (χ0) is 43.9. The number of rotatable bonds is 5. The summed E-state index contributed by atoms with van der Waals surface area (Å²) in [6, 6.07) is 47.3. The smallest absolute Gasteiger partial charge is 0.164 e. The van der Waals surface area contributed by atoms with Gasteiger partial charge in [-0.2, -0.15) is 0 Å². The summed E-state index contributed by atoms with van der Waals surface area (Å²) in [5.74, 6) is 2.03. The Labute approximate surface area is 365 Å². The quantitative estimate of drug-likeness (QED) is 0.174. The molecule has 7 aromatic rings. The standard InChI is InChI=1S/C58H63N3/c1-54(2,3)43-29-41(30-44(34-43)55(4,5)6)52-59-51(60-53(61-52)42-31-45(56(7,8)9)35-46(32-42)57(10,11)12)40-22-18-21-38(28-40)36-19-17-20-37(27-36)39-25-26-48-47-23-15-16-24-49(47)58(13,14)50(48)33-39/h15-35H,1-14H3. The van der Waals surface area contributed by atoms with E-state index < -0.39 is 0 Å². The van der Waals surface area contributed by atoms with E-state index in [2.05, 4.69) is 224 Å². The van der Waals surface area contributed by atoms with Crippen molar-refractivity contribution in [3.63, 3.8) is 0 Å². The molecule has 0 spiro atoms. The second-order valence-corrected chi connectivity index (χ2v) is 22.0. The van der Waals surface area contributed by atoms with Gasteiger partial charge in [0.15, 0.2) is 17.5 Å². The highest BCUT2D eigenvalue weighted by Gasteiger charge is 2.35. The summed E-state index contributed by atoms with van der Waals surface area (Å²) in [6.07, 6.45) is 0. The van der Waals surface area contributed by atoms with Gasteiger partial charge in [-0.25, -0.2) is 15.0 Å². The van der Waals surface area contributed by atoms with E-state index in [1.807, 2.05) is 0 Å². The number of aromatic nitrogens is 3. The summed E-state index contributed by atoms with van der Waals surface area (Å²) < 4.78 is 0. The summed E-state index contributed by atoms with van der Waals surface area (Å²) in [5.41, 5.74) is 17.9. The van der Waals surface area contributed by atoms with Gasteiger partial charge in [-0.15, -0.1) is 0 Å². The fourth-order valence-corrected chi connectivity index (χ4v) is 8.61. The maximum absolute atomic E-state index is 5.34. The van der Waals surface area contributed by atoms with Gasteiger partial charge < -0.3 is 0 Å². The van der Waals surface area contributed by atoms with Crippen LogP contribution < -0.4 is 0 Å². The number of hydrogen-bond acceptors (Lipinski definition) is 3. The second-order valence-electron chi connectivity index (χ2n) is 22.0. The molecule has 8 rings (SSSR count). The summed E-state index contributed by atoms with van der Waals surface area (Å²) in [5, 5.41) is 0. The van der Waals surface area contributed by atoms with Crippen molar-refractivity contribution in [3.8, 4) is 67.5 Å². The molecule has 0 bridgehead atoms. The Kier molecular flexibility index (Phi) is 10.2. The molecule has 310 valence electrons. The van der Waals surface area contributed by atoms with E-state index in [9.17, 15) is 0 Å². The number of hydrogen-bond donors (Lipinski definition) is 0. The van der Waals surface area contributed by atoms with Crippen molar-refractivity contribution >= 4 is 0 Å². The van der Waals surface area contributed by atoms with Crippen molar-refractivity contribution < 1.29 is 0 Å². The van der Waals surface area contributed by atoms with Gasteiger partial charge in [0.2, 0.25) is 0 Å². The van der Waals surface area contributed by atoms with Crippen LogP contribution in [0.4, 0.5) is 0 Å².